The van der Waals surface area contributed by atoms with Gasteiger partial charge in [0.2, 0.25) is 11.6 Å². The van der Waals surface area contributed by atoms with Crippen LogP contribution in [0.2, 0.25) is 0 Å². The van der Waals surface area contributed by atoms with Gasteiger partial charge in [-0.25, -0.2) is 19.4 Å². The van der Waals surface area contributed by atoms with Crippen molar-refractivity contribution in [3.05, 3.63) is 28.7 Å². The number of fused-ring (bicyclic) bond motifs is 5. The number of ether oxygens (including phenoxy) is 2. The van der Waals surface area contributed by atoms with E-state index in [4.69, 9.17) is 56.9 Å². The number of hydrogen-bond acceptors (Lipinski definition) is 15. The molecule has 3 aromatic heterocycles. The number of ketones is 1. The van der Waals surface area contributed by atoms with E-state index in [2.05, 4.69) is 37.2 Å². The molecule has 4 aliphatic rings. The van der Waals surface area contributed by atoms with Crippen LogP contribution in [-0.4, -0.2) is 89.8 Å². The molecule has 7 rings (SSSR count). The van der Waals surface area contributed by atoms with Crippen molar-refractivity contribution >= 4 is 83.2 Å². The second-order valence-electron chi connectivity index (χ2n) is 10.2. The molecule has 44 heavy (non-hydrogen) atoms. The van der Waals surface area contributed by atoms with E-state index in [0.29, 0.717) is 0 Å². The number of carbonyl (C=O) groups excluding carboxylic acids is 1. The lowest BCUT2D eigenvalue weighted by molar-refractivity contribution is -0.0552. The van der Waals surface area contributed by atoms with Crippen LogP contribution >= 0.6 is 24.7 Å². The number of nitrogens with two attached hydrogens (primary N) is 1. The zero-order valence-electron chi connectivity index (χ0n) is 22.1. The number of carbonyl (C=O) groups is 1. The van der Waals surface area contributed by atoms with Gasteiger partial charge in [0.15, 0.2) is 47.1 Å². The molecule has 9 atom stereocenters. The Morgan fingerprint density at radius 2 is 1.89 bits per heavy atom. The Kier molecular flexibility index (Phi) is 7.91. The maximum atomic E-state index is 16.0. The number of H-pyrrole nitrogens is 1. The topological polar surface area (TPSA) is 212 Å². The number of nitrogen functional groups attached to an aromatic ring is 1. The highest BCUT2D eigenvalue weighted by atomic mass is 32.9. The van der Waals surface area contributed by atoms with E-state index in [-0.39, 0.29) is 60.5 Å². The van der Waals surface area contributed by atoms with Gasteiger partial charge in [-0.3, -0.25) is 28.2 Å². The molecule has 0 saturated carbocycles. The zero-order chi connectivity index (χ0) is 31.0. The fourth-order valence-electron chi connectivity index (χ4n) is 5.38. The summed E-state index contributed by atoms with van der Waals surface area (Å²) in [6, 6.07) is 0. The van der Waals surface area contributed by atoms with E-state index < -0.39 is 61.0 Å². The van der Waals surface area contributed by atoms with Gasteiger partial charge in [-0.05, 0) is 23.6 Å². The van der Waals surface area contributed by atoms with Crippen molar-refractivity contribution in [3.8, 4) is 0 Å². The van der Waals surface area contributed by atoms with E-state index in [9.17, 15) is 14.5 Å². The Balaban J connectivity index is 1.18. The molecular formula is C21H23FN8O9P2S3. The van der Waals surface area contributed by atoms with Crippen LogP contribution in [0.4, 0.5) is 16.2 Å². The van der Waals surface area contributed by atoms with E-state index in [0.717, 1.165) is 0 Å². The molecule has 3 aromatic rings. The molecule has 3 saturated heterocycles. The number of alkyl halides is 1. The molecule has 4 aliphatic heterocycles. The quantitative estimate of drug-likeness (QED) is 0.220. The average molecular weight is 709 g/mol. The SMILES string of the molecule is Nc1nc2c(ncn2[C@@H]2O[C@@H]3COP(O)(=S)O[C@H]4[C@H](F)[C@H](n5cnc6c5N=CCC6=O)O[C@@H]4COP(=S)(S)O[C@@H]2C3)c(=O)[nH]1. The number of rotatable bonds is 2. The molecule has 23 heteroatoms. The maximum Gasteiger partial charge on any atom is 0.325 e. The second kappa shape index (κ2) is 11.4. The molecule has 236 valence electrons. The summed E-state index contributed by atoms with van der Waals surface area (Å²) in [6.45, 7) is -4.74. The van der Waals surface area contributed by atoms with Crippen LogP contribution < -0.4 is 11.3 Å². The molecule has 0 amide bonds. The van der Waals surface area contributed by atoms with Gasteiger partial charge < -0.3 is 33.7 Å². The number of halogens is 1. The largest absolute Gasteiger partial charge is 0.369 e. The van der Waals surface area contributed by atoms with Gasteiger partial charge in [0.1, 0.15) is 18.3 Å². The Morgan fingerprint density at radius 3 is 2.70 bits per heavy atom. The molecule has 2 bridgehead atoms. The van der Waals surface area contributed by atoms with E-state index >= 15 is 4.39 Å². The van der Waals surface area contributed by atoms with Crippen LogP contribution in [0.1, 0.15) is 35.8 Å². The molecule has 2 unspecified atom stereocenters. The summed E-state index contributed by atoms with van der Waals surface area (Å²) in [7, 11) is 0. The molecule has 0 aromatic carbocycles. The van der Waals surface area contributed by atoms with Gasteiger partial charge in [0.25, 0.3) is 5.56 Å². The first-order valence-electron chi connectivity index (χ1n) is 13.0. The third-order valence-electron chi connectivity index (χ3n) is 7.28. The summed E-state index contributed by atoms with van der Waals surface area (Å²) in [5.41, 5.74) is 2.04. The lowest BCUT2D eigenvalue weighted by Crippen LogP contribution is -2.34. The van der Waals surface area contributed by atoms with Crippen LogP contribution in [0.5, 0.6) is 0 Å². The van der Waals surface area contributed by atoms with E-state index in [1.54, 1.807) is 0 Å². The zero-order valence-corrected chi connectivity index (χ0v) is 26.4. The van der Waals surface area contributed by atoms with Crippen LogP contribution in [0.15, 0.2) is 22.4 Å². The third kappa shape index (κ3) is 5.62. The lowest BCUT2D eigenvalue weighted by Gasteiger charge is -2.28. The minimum atomic E-state index is -4.09. The normalized spacial score (nSPS) is 37.7. The highest BCUT2D eigenvalue weighted by Gasteiger charge is 2.51. The summed E-state index contributed by atoms with van der Waals surface area (Å²) in [6.07, 6.45) is -4.21. The van der Waals surface area contributed by atoms with Crippen LogP contribution in [0.25, 0.3) is 11.2 Å². The van der Waals surface area contributed by atoms with Crippen molar-refractivity contribution in [2.75, 3.05) is 18.9 Å². The van der Waals surface area contributed by atoms with Gasteiger partial charge in [-0.15, -0.1) is 0 Å². The number of Topliss-reactive ketones (excluding diaryl/α,β-unsaturated/α-hetero) is 1. The maximum absolute atomic E-state index is 16.0. The van der Waals surface area contributed by atoms with Crippen molar-refractivity contribution in [1.82, 2.24) is 29.1 Å². The van der Waals surface area contributed by atoms with E-state index in [1.165, 1.54) is 28.0 Å². The molecule has 4 N–H and O–H groups in total. The predicted molar refractivity (Wildman–Crippen MR) is 161 cm³/mol. The van der Waals surface area contributed by atoms with Crippen LogP contribution in [0, 0.1) is 0 Å². The monoisotopic (exact) mass is 708 g/mol. The van der Waals surface area contributed by atoms with Crippen molar-refractivity contribution in [2.45, 2.75) is 55.9 Å². The predicted octanol–water partition coefficient (Wildman–Crippen LogP) is 1.60. The Hall–Kier alpha value is -2.00. The molecule has 0 radical (unpaired) electrons. The highest BCUT2D eigenvalue weighted by Crippen LogP contribution is 2.59. The van der Waals surface area contributed by atoms with Crippen molar-refractivity contribution in [1.29, 1.82) is 0 Å². The first-order valence-corrected chi connectivity index (χ1v) is 19.4. The minimum Gasteiger partial charge on any atom is -0.369 e. The summed E-state index contributed by atoms with van der Waals surface area (Å²) in [4.78, 5) is 54.5. The van der Waals surface area contributed by atoms with Gasteiger partial charge in [0, 0.05) is 19.1 Å². The number of nitrogens with zero attached hydrogens (tertiary/aromatic N) is 6. The Labute approximate surface area is 261 Å². The van der Waals surface area contributed by atoms with Crippen LogP contribution in [0.3, 0.4) is 0 Å². The lowest BCUT2D eigenvalue weighted by atomic mass is 10.1. The molecular weight excluding hydrogens is 685 g/mol. The number of nitrogens with one attached hydrogen (secondary N) is 1. The number of thiol groups is 1. The molecule has 7 heterocycles. The molecule has 3 fully saturated rings. The fourth-order valence-corrected chi connectivity index (χ4v) is 8.84. The number of anilines is 1. The molecule has 17 nitrogen and oxygen atoms in total. The van der Waals surface area contributed by atoms with E-state index in [1.807, 2.05) is 0 Å². The minimum absolute atomic E-state index is 0.0189. The third-order valence-corrected chi connectivity index (χ3v) is 11.1. The Bertz CT molecular complexity index is 1840. The van der Waals surface area contributed by atoms with Gasteiger partial charge in [-0.2, -0.15) is 4.98 Å². The number of aromatic nitrogens is 6. The number of aliphatic imine (C=N–C) groups is 1. The molecule has 0 aliphatic carbocycles. The van der Waals surface area contributed by atoms with Crippen molar-refractivity contribution in [2.24, 2.45) is 4.99 Å². The van der Waals surface area contributed by atoms with Crippen molar-refractivity contribution < 1.29 is 41.6 Å². The summed E-state index contributed by atoms with van der Waals surface area (Å²) in [5.74, 6) is -0.287. The highest BCUT2D eigenvalue weighted by molar-refractivity contribution is 8.60. The van der Waals surface area contributed by atoms with Crippen molar-refractivity contribution in [3.63, 3.8) is 0 Å². The standard InChI is InChI=1S/C21H23FN8O9P2S3/c22-12-15-11(37-20(12)29-6-25-13-9(31)1-2-24-16(13)29)5-35-41(43,44)38-10-3-8(4-34-40(33,42)39-15)36-19(10)30-7-26-14-17(30)27-21(23)28-18(14)32/h2,6-8,10-12,15,19-20H,1,3-5H2,(H,33,42)(H,43,44)(H3,23,27,28,32)/t8-,10+,11+,12-,15+,19+,20+,40?/m0/s1. The Morgan fingerprint density at radius 1 is 1.09 bits per heavy atom. The van der Waals surface area contributed by atoms with Gasteiger partial charge >= 0.3 is 6.72 Å². The number of aromatic amines is 1. The summed E-state index contributed by atoms with van der Waals surface area (Å²) in [5, 5.41) is 0. The first-order chi connectivity index (χ1) is 20.9. The van der Waals surface area contributed by atoms with Gasteiger partial charge in [-0.1, -0.05) is 12.2 Å². The fraction of sp³-hybridized carbons (Fsp3) is 0.524. The number of imidazole rings is 2. The van der Waals surface area contributed by atoms with Gasteiger partial charge in [0.05, 0.1) is 32.0 Å². The first kappa shape index (κ1) is 30.6. The number of hydrogen-bond donors (Lipinski definition) is 4. The summed E-state index contributed by atoms with van der Waals surface area (Å²) >= 11 is 15.3. The summed E-state index contributed by atoms with van der Waals surface area (Å²) < 4.78 is 54.1. The smallest absolute Gasteiger partial charge is 0.325 e. The average Bonchev–Trinajstić information content (AvgIpc) is 3.72. The van der Waals surface area contributed by atoms with Crippen LogP contribution in [-0.2, 0) is 51.2 Å². The second-order valence-corrected chi connectivity index (χ2v) is 18.2. The molecule has 0 spiro atoms.